The highest BCUT2D eigenvalue weighted by Crippen LogP contribution is 2.33. The topological polar surface area (TPSA) is 32.3 Å². The highest BCUT2D eigenvalue weighted by atomic mass is 35.5. The summed E-state index contributed by atoms with van der Waals surface area (Å²) in [5.74, 6) is -0.0226. The first-order valence-electron chi connectivity index (χ1n) is 6.25. The second kappa shape index (κ2) is 9.06. The molecule has 0 atom stereocenters. The lowest BCUT2D eigenvalue weighted by Gasteiger charge is -2.20. The molecule has 116 valence electrons. The molecule has 0 saturated heterocycles. The van der Waals surface area contributed by atoms with E-state index in [9.17, 15) is 4.79 Å². The van der Waals surface area contributed by atoms with Crippen LogP contribution in [0.1, 0.15) is 13.8 Å². The number of nitrogens with zero attached hydrogens (tertiary/aromatic N) is 1. The molecule has 8 heteroatoms. The van der Waals surface area contributed by atoms with E-state index in [1.165, 1.54) is 23.9 Å². The highest BCUT2D eigenvalue weighted by Gasteiger charge is 2.13. The smallest absolute Gasteiger partial charge is 0.234 e. The van der Waals surface area contributed by atoms with Gasteiger partial charge in [-0.25, -0.2) is 0 Å². The van der Waals surface area contributed by atoms with E-state index in [2.05, 4.69) is 5.32 Å². The van der Waals surface area contributed by atoms with Crippen molar-refractivity contribution in [2.45, 2.75) is 13.8 Å². The van der Waals surface area contributed by atoms with Crippen LogP contribution in [0.2, 0.25) is 15.1 Å². The molecule has 0 aromatic heterocycles. The standard InChI is InChI=1S/C13H15Cl3N2OS2/c1-3-18(4-2)13(20)21-7-11(19)17-12-9(15)5-8(14)6-10(12)16/h5-6H,3-4,7H2,1-2H3,(H,17,19). The van der Waals surface area contributed by atoms with Crippen LogP contribution in [0.5, 0.6) is 0 Å². The van der Waals surface area contributed by atoms with Crippen molar-refractivity contribution in [2.75, 3.05) is 24.2 Å². The van der Waals surface area contributed by atoms with Crippen LogP contribution in [0, 0.1) is 0 Å². The lowest BCUT2D eigenvalue weighted by Crippen LogP contribution is -2.28. The van der Waals surface area contributed by atoms with Crippen LogP contribution < -0.4 is 5.32 Å². The third-order valence-electron chi connectivity index (χ3n) is 2.62. The van der Waals surface area contributed by atoms with Gasteiger partial charge in [0.1, 0.15) is 4.32 Å². The molecule has 0 aliphatic rings. The fourth-order valence-electron chi connectivity index (χ4n) is 1.54. The summed E-state index contributed by atoms with van der Waals surface area (Å²) in [5, 5.41) is 3.70. The van der Waals surface area contributed by atoms with E-state index in [0.29, 0.717) is 25.1 Å². The molecule has 0 unspecified atom stereocenters. The van der Waals surface area contributed by atoms with Crippen molar-refractivity contribution in [3.63, 3.8) is 0 Å². The maximum absolute atomic E-state index is 11.9. The van der Waals surface area contributed by atoms with Crippen molar-refractivity contribution in [2.24, 2.45) is 0 Å². The van der Waals surface area contributed by atoms with Crippen LogP contribution >= 0.6 is 58.8 Å². The molecule has 0 spiro atoms. The number of hydrogen-bond acceptors (Lipinski definition) is 3. The number of hydrogen-bond donors (Lipinski definition) is 1. The summed E-state index contributed by atoms with van der Waals surface area (Å²) in [7, 11) is 0. The molecule has 0 aliphatic carbocycles. The molecule has 21 heavy (non-hydrogen) atoms. The Morgan fingerprint density at radius 3 is 2.24 bits per heavy atom. The third-order valence-corrected chi connectivity index (χ3v) is 4.96. The van der Waals surface area contributed by atoms with Gasteiger partial charge in [-0.3, -0.25) is 4.79 Å². The number of carbonyl (C=O) groups excluding carboxylic acids is 1. The van der Waals surface area contributed by atoms with E-state index < -0.39 is 0 Å². The van der Waals surface area contributed by atoms with Crippen molar-refractivity contribution < 1.29 is 4.79 Å². The maximum Gasteiger partial charge on any atom is 0.234 e. The van der Waals surface area contributed by atoms with Crippen LogP contribution in [0.4, 0.5) is 5.69 Å². The molecule has 1 N–H and O–H groups in total. The molecule has 1 rings (SSSR count). The van der Waals surface area contributed by atoms with E-state index in [1.54, 1.807) is 0 Å². The largest absolute Gasteiger partial charge is 0.358 e. The zero-order valence-corrected chi connectivity index (χ0v) is 15.5. The Morgan fingerprint density at radius 2 is 1.76 bits per heavy atom. The van der Waals surface area contributed by atoms with Gasteiger partial charge in [0.15, 0.2) is 0 Å². The summed E-state index contributed by atoms with van der Waals surface area (Å²) in [4.78, 5) is 14.0. The van der Waals surface area contributed by atoms with Crippen molar-refractivity contribution in [1.82, 2.24) is 4.90 Å². The number of nitrogens with one attached hydrogen (secondary N) is 1. The Hall–Kier alpha value is -0.200. The van der Waals surface area contributed by atoms with Crippen molar-refractivity contribution in [3.05, 3.63) is 27.2 Å². The molecule has 1 aromatic rings. The number of anilines is 1. The van der Waals surface area contributed by atoms with Gasteiger partial charge in [-0.1, -0.05) is 58.8 Å². The molecule has 1 aromatic carbocycles. The summed E-state index contributed by atoms with van der Waals surface area (Å²) in [6.45, 7) is 5.67. The Bertz CT molecular complexity index is 513. The highest BCUT2D eigenvalue weighted by molar-refractivity contribution is 8.23. The van der Waals surface area contributed by atoms with Gasteiger partial charge in [-0.05, 0) is 26.0 Å². The molecule has 0 aliphatic heterocycles. The first-order chi connectivity index (χ1) is 9.88. The predicted octanol–water partition coefficient (Wildman–Crippen LogP) is 4.95. The molecule has 3 nitrogen and oxygen atoms in total. The maximum atomic E-state index is 11.9. The van der Waals surface area contributed by atoms with Gasteiger partial charge < -0.3 is 10.2 Å². The first-order valence-corrected chi connectivity index (χ1v) is 8.77. The van der Waals surface area contributed by atoms with Crippen molar-refractivity contribution >= 4 is 74.7 Å². The SMILES string of the molecule is CCN(CC)C(=S)SCC(=O)Nc1c(Cl)cc(Cl)cc1Cl. The molecular weight excluding hydrogens is 371 g/mol. The quantitative estimate of drug-likeness (QED) is 0.727. The van der Waals surface area contributed by atoms with Gasteiger partial charge in [0.2, 0.25) is 5.91 Å². The molecule has 0 saturated carbocycles. The number of carbonyl (C=O) groups is 1. The van der Waals surface area contributed by atoms with Gasteiger partial charge in [0.05, 0.1) is 21.5 Å². The van der Waals surface area contributed by atoms with E-state index >= 15 is 0 Å². The van der Waals surface area contributed by atoms with Crippen LogP contribution in [0.3, 0.4) is 0 Å². The summed E-state index contributed by atoms with van der Waals surface area (Å²) < 4.78 is 0.698. The van der Waals surface area contributed by atoms with Gasteiger partial charge in [-0.2, -0.15) is 0 Å². The zero-order chi connectivity index (χ0) is 16.0. The van der Waals surface area contributed by atoms with E-state index in [-0.39, 0.29) is 11.7 Å². The number of thiocarbonyl (C=S) groups is 1. The number of benzene rings is 1. The number of amides is 1. The minimum Gasteiger partial charge on any atom is -0.358 e. The Kier molecular flexibility index (Phi) is 8.13. The molecule has 0 radical (unpaired) electrons. The summed E-state index contributed by atoms with van der Waals surface area (Å²) >= 11 is 24.4. The Balaban J connectivity index is 2.61. The lowest BCUT2D eigenvalue weighted by atomic mass is 10.3. The van der Waals surface area contributed by atoms with E-state index in [0.717, 1.165) is 13.1 Å². The van der Waals surface area contributed by atoms with Gasteiger partial charge in [-0.15, -0.1) is 0 Å². The lowest BCUT2D eigenvalue weighted by molar-refractivity contribution is -0.113. The number of rotatable bonds is 5. The minimum absolute atomic E-state index is 0.199. The predicted molar refractivity (Wildman–Crippen MR) is 98.1 cm³/mol. The molecule has 0 bridgehead atoms. The number of halogens is 3. The van der Waals surface area contributed by atoms with Crippen molar-refractivity contribution in [1.29, 1.82) is 0 Å². The summed E-state index contributed by atoms with van der Waals surface area (Å²) in [6.07, 6.45) is 0. The number of thioether (sulfide) groups is 1. The molecule has 0 heterocycles. The Morgan fingerprint density at radius 1 is 1.24 bits per heavy atom. The fraction of sp³-hybridized carbons (Fsp3) is 0.385. The summed E-state index contributed by atoms with van der Waals surface area (Å²) in [5.41, 5.74) is 0.363. The van der Waals surface area contributed by atoms with Gasteiger partial charge in [0.25, 0.3) is 0 Å². The molecule has 1 amide bonds. The average Bonchev–Trinajstić information content (AvgIpc) is 2.42. The van der Waals surface area contributed by atoms with Gasteiger partial charge >= 0.3 is 0 Å². The van der Waals surface area contributed by atoms with E-state index in [4.69, 9.17) is 47.0 Å². The molecular formula is C13H15Cl3N2OS2. The second-order valence-electron chi connectivity index (χ2n) is 4.02. The normalized spacial score (nSPS) is 10.3. The minimum atomic E-state index is -0.222. The van der Waals surface area contributed by atoms with E-state index in [1.807, 2.05) is 18.7 Å². The molecule has 0 fully saturated rings. The van der Waals surface area contributed by atoms with Crippen LogP contribution in [0.25, 0.3) is 0 Å². The summed E-state index contributed by atoms with van der Waals surface area (Å²) in [6, 6.07) is 3.05. The Labute approximate surface area is 149 Å². The zero-order valence-electron chi connectivity index (χ0n) is 11.6. The van der Waals surface area contributed by atoms with Crippen LogP contribution in [-0.4, -0.2) is 34.0 Å². The average molecular weight is 386 g/mol. The first kappa shape index (κ1) is 18.8. The van der Waals surface area contributed by atoms with Gasteiger partial charge in [0, 0.05) is 18.1 Å². The van der Waals surface area contributed by atoms with Crippen LogP contribution in [0.15, 0.2) is 12.1 Å². The second-order valence-corrected chi connectivity index (χ2v) is 6.88. The monoisotopic (exact) mass is 384 g/mol. The van der Waals surface area contributed by atoms with Crippen LogP contribution in [-0.2, 0) is 4.79 Å². The third kappa shape index (κ3) is 5.83. The van der Waals surface area contributed by atoms with Crippen molar-refractivity contribution in [3.8, 4) is 0 Å². The fourth-order valence-corrected chi connectivity index (χ4v) is 3.65.